The number of halogens is 3. The molecule has 2 N–H and O–H groups in total. The van der Waals surface area contributed by atoms with Gasteiger partial charge in [0.2, 0.25) is 5.95 Å². The van der Waals surface area contributed by atoms with Gasteiger partial charge < -0.3 is 5.32 Å². The second-order valence-electron chi connectivity index (χ2n) is 6.54. The summed E-state index contributed by atoms with van der Waals surface area (Å²) in [6.07, 6.45) is 2.93. The van der Waals surface area contributed by atoms with E-state index in [4.69, 9.17) is 0 Å². The average Bonchev–Trinajstić information content (AvgIpc) is 3.06. The summed E-state index contributed by atoms with van der Waals surface area (Å²) >= 11 is 0. The van der Waals surface area contributed by atoms with E-state index in [-0.39, 0.29) is 5.52 Å². The molecule has 0 amide bonds. The number of rotatable bonds is 3. The molecule has 136 valence electrons. The molecule has 0 saturated heterocycles. The summed E-state index contributed by atoms with van der Waals surface area (Å²) in [6.45, 7) is 0. The molecule has 0 radical (unpaired) electrons. The Balaban J connectivity index is 1.68. The molecule has 2 aromatic heterocycles. The Morgan fingerprint density at radius 2 is 1.88 bits per heavy atom. The van der Waals surface area contributed by atoms with Crippen molar-refractivity contribution < 1.29 is 13.2 Å². The van der Waals surface area contributed by atoms with E-state index in [0.717, 1.165) is 18.9 Å². The van der Waals surface area contributed by atoms with Gasteiger partial charge in [0.1, 0.15) is 5.69 Å². The highest BCUT2D eigenvalue weighted by molar-refractivity contribution is 5.94. The normalized spacial score (nSPS) is 16.1. The standard InChI is InChI=1S/C18H18F3N5/c19-18(20,21)13-8-4-7-12-15(13)25-26-16(12)14-9-10-22-17(24-14)23-11-5-2-1-3-6-11/h4,7-11H,1-3,5-6H2,(H,25,26)(H,22,23,24). The smallest absolute Gasteiger partial charge is 0.351 e. The fourth-order valence-corrected chi connectivity index (χ4v) is 3.46. The van der Waals surface area contributed by atoms with Crippen LogP contribution in [0.5, 0.6) is 0 Å². The van der Waals surface area contributed by atoms with Crippen LogP contribution >= 0.6 is 0 Å². The van der Waals surface area contributed by atoms with E-state index < -0.39 is 11.7 Å². The lowest BCUT2D eigenvalue weighted by Gasteiger charge is -2.22. The number of hydrogen-bond acceptors (Lipinski definition) is 4. The molecule has 1 aromatic carbocycles. The van der Waals surface area contributed by atoms with E-state index >= 15 is 0 Å². The van der Waals surface area contributed by atoms with Gasteiger partial charge in [-0.1, -0.05) is 31.4 Å². The lowest BCUT2D eigenvalue weighted by molar-refractivity contribution is -0.136. The molecule has 0 spiro atoms. The van der Waals surface area contributed by atoms with Crippen molar-refractivity contribution in [1.29, 1.82) is 0 Å². The van der Waals surface area contributed by atoms with Crippen molar-refractivity contribution in [2.24, 2.45) is 0 Å². The summed E-state index contributed by atoms with van der Waals surface area (Å²) in [5, 5.41) is 10.3. The van der Waals surface area contributed by atoms with Crippen molar-refractivity contribution in [2.45, 2.75) is 44.3 Å². The largest absolute Gasteiger partial charge is 0.418 e. The molecule has 1 saturated carbocycles. The molecule has 1 aliphatic carbocycles. The molecule has 1 fully saturated rings. The molecule has 0 atom stereocenters. The summed E-state index contributed by atoms with van der Waals surface area (Å²) in [4.78, 5) is 8.71. The number of hydrogen-bond donors (Lipinski definition) is 2. The maximum Gasteiger partial charge on any atom is 0.418 e. The topological polar surface area (TPSA) is 66.5 Å². The zero-order valence-electron chi connectivity index (χ0n) is 14.0. The maximum absolute atomic E-state index is 13.2. The Morgan fingerprint density at radius 1 is 1.08 bits per heavy atom. The van der Waals surface area contributed by atoms with Crippen molar-refractivity contribution in [3.8, 4) is 11.4 Å². The molecular formula is C18H18F3N5. The highest BCUT2D eigenvalue weighted by atomic mass is 19.4. The van der Waals surface area contributed by atoms with Crippen LogP contribution in [0, 0.1) is 0 Å². The van der Waals surface area contributed by atoms with Crippen LogP contribution in [0.1, 0.15) is 37.7 Å². The zero-order chi connectivity index (χ0) is 18.1. The molecule has 8 heteroatoms. The number of para-hydroxylation sites is 1. The molecular weight excluding hydrogens is 343 g/mol. The van der Waals surface area contributed by atoms with E-state index in [9.17, 15) is 13.2 Å². The lowest BCUT2D eigenvalue weighted by Crippen LogP contribution is -2.23. The Labute approximate surface area is 148 Å². The predicted octanol–water partition coefficient (Wildman–Crippen LogP) is 4.78. The quantitative estimate of drug-likeness (QED) is 0.704. The van der Waals surface area contributed by atoms with Crippen LogP contribution in [0.25, 0.3) is 22.3 Å². The minimum absolute atomic E-state index is 0.0320. The van der Waals surface area contributed by atoms with Crippen LogP contribution in [0.2, 0.25) is 0 Å². The third-order valence-corrected chi connectivity index (χ3v) is 4.74. The fraction of sp³-hybridized carbons (Fsp3) is 0.389. The van der Waals surface area contributed by atoms with Crippen LogP contribution < -0.4 is 5.32 Å². The first-order valence-electron chi connectivity index (χ1n) is 8.66. The molecule has 4 rings (SSSR count). The minimum Gasteiger partial charge on any atom is -0.351 e. The highest BCUT2D eigenvalue weighted by Crippen LogP contribution is 2.36. The van der Waals surface area contributed by atoms with Gasteiger partial charge in [0.15, 0.2) is 0 Å². The highest BCUT2D eigenvalue weighted by Gasteiger charge is 2.33. The van der Waals surface area contributed by atoms with E-state index in [0.29, 0.717) is 28.8 Å². The Bertz CT molecular complexity index is 913. The summed E-state index contributed by atoms with van der Waals surface area (Å²) in [5.74, 6) is 0.484. The molecule has 26 heavy (non-hydrogen) atoms. The van der Waals surface area contributed by atoms with Gasteiger partial charge in [-0.05, 0) is 25.0 Å². The minimum atomic E-state index is -4.44. The van der Waals surface area contributed by atoms with Crippen LogP contribution in [0.4, 0.5) is 19.1 Å². The number of benzene rings is 1. The Kier molecular flexibility index (Phi) is 4.26. The SMILES string of the molecule is FC(F)(F)c1cccc2c(-c3ccnc(NC4CCCCC4)n3)n[nH]c12. The Hall–Kier alpha value is -2.64. The van der Waals surface area contributed by atoms with Crippen molar-refractivity contribution in [3.05, 3.63) is 36.0 Å². The monoisotopic (exact) mass is 361 g/mol. The van der Waals surface area contributed by atoms with Gasteiger partial charge in [0.05, 0.1) is 16.8 Å². The van der Waals surface area contributed by atoms with Crippen LogP contribution in [0.15, 0.2) is 30.5 Å². The number of alkyl halides is 3. The number of aromatic nitrogens is 4. The van der Waals surface area contributed by atoms with Gasteiger partial charge in [-0.2, -0.15) is 18.3 Å². The van der Waals surface area contributed by atoms with E-state index in [1.807, 2.05) is 0 Å². The number of H-pyrrole nitrogens is 1. The third-order valence-electron chi connectivity index (χ3n) is 4.74. The van der Waals surface area contributed by atoms with Gasteiger partial charge in [-0.25, -0.2) is 9.97 Å². The molecule has 0 unspecified atom stereocenters. The molecule has 0 bridgehead atoms. The van der Waals surface area contributed by atoms with Crippen LogP contribution in [-0.4, -0.2) is 26.2 Å². The van der Waals surface area contributed by atoms with Crippen LogP contribution in [0.3, 0.4) is 0 Å². The summed E-state index contributed by atoms with van der Waals surface area (Å²) in [5.41, 5.74) is 0.114. The molecule has 1 aliphatic rings. The second kappa shape index (κ2) is 6.59. The van der Waals surface area contributed by atoms with Gasteiger partial charge in [0.25, 0.3) is 0 Å². The summed E-state index contributed by atoms with van der Waals surface area (Å²) in [6, 6.07) is 6.03. The first-order valence-corrected chi connectivity index (χ1v) is 8.66. The van der Waals surface area contributed by atoms with Gasteiger partial charge in [0, 0.05) is 17.6 Å². The molecule has 2 heterocycles. The van der Waals surface area contributed by atoms with Gasteiger partial charge in [-0.15, -0.1) is 0 Å². The number of fused-ring (bicyclic) bond motifs is 1. The van der Waals surface area contributed by atoms with E-state index in [1.165, 1.54) is 25.3 Å². The molecule has 0 aliphatic heterocycles. The lowest BCUT2D eigenvalue weighted by atomic mass is 9.96. The van der Waals surface area contributed by atoms with Crippen molar-refractivity contribution in [2.75, 3.05) is 5.32 Å². The predicted molar refractivity (Wildman–Crippen MR) is 92.6 cm³/mol. The van der Waals surface area contributed by atoms with E-state index in [1.54, 1.807) is 18.3 Å². The van der Waals surface area contributed by atoms with Crippen molar-refractivity contribution in [1.82, 2.24) is 20.2 Å². The first-order chi connectivity index (χ1) is 12.5. The molecule has 3 aromatic rings. The average molecular weight is 361 g/mol. The summed E-state index contributed by atoms with van der Waals surface area (Å²) < 4.78 is 39.5. The Morgan fingerprint density at radius 3 is 2.65 bits per heavy atom. The zero-order valence-corrected chi connectivity index (χ0v) is 14.0. The second-order valence-corrected chi connectivity index (χ2v) is 6.54. The van der Waals surface area contributed by atoms with Gasteiger partial charge in [-0.3, -0.25) is 5.10 Å². The van der Waals surface area contributed by atoms with E-state index in [2.05, 4.69) is 25.5 Å². The fourth-order valence-electron chi connectivity index (χ4n) is 3.46. The summed E-state index contributed by atoms with van der Waals surface area (Å²) in [7, 11) is 0. The third kappa shape index (κ3) is 3.23. The van der Waals surface area contributed by atoms with Crippen molar-refractivity contribution in [3.63, 3.8) is 0 Å². The van der Waals surface area contributed by atoms with Crippen molar-refractivity contribution >= 4 is 16.9 Å². The van der Waals surface area contributed by atoms with Gasteiger partial charge >= 0.3 is 6.18 Å². The van der Waals surface area contributed by atoms with Crippen LogP contribution in [-0.2, 0) is 6.18 Å². The maximum atomic E-state index is 13.2. The number of nitrogens with one attached hydrogen (secondary N) is 2. The first kappa shape index (κ1) is 16.8. The number of anilines is 1. The molecule has 5 nitrogen and oxygen atoms in total. The number of aromatic amines is 1. The number of nitrogens with zero attached hydrogens (tertiary/aromatic N) is 3.